The van der Waals surface area contributed by atoms with Crippen LogP contribution in [-0.4, -0.2) is 16.8 Å². The van der Waals surface area contributed by atoms with E-state index in [9.17, 15) is 10.2 Å². The van der Waals surface area contributed by atoms with Crippen LogP contribution in [-0.2, 0) is 6.42 Å². The molecule has 1 atom stereocenters. The van der Waals surface area contributed by atoms with Crippen molar-refractivity contribution >= 4 is 11.6 Å². The first-order valence-electron chi connectivity index (χ1n) is 6.19. The summed E-state index contributed by atoms with van der Waals surface area (Å²) in [6.45, 7) is 0.828. The van der Waals surface area contributed by atoms with Crippen molar-refractivity contribution in [3.05, 3.63) is 58.1 Å². The smallest absolute Gasteiger partial charge is 0.157 e. The monoisotopic (exact) mass is 275 g/mol. The van der Waals surface area contributed by atoms with Gasteiger partial charge in [0.05, 0.1) is 6.04 Å². The molecule has 2 aromatic rings. The van der Waals surface area contributed by atoms with Gasteiger partial charge in [0.2, 0.25) is 0 Å². The maximum absolute atomic E-state index is 9.69. The van der Waals surface area contributed by atoms with Crippen LogP contribution in [0.15, 0.2) is 36.4 Å². The van der Waals surface area contributed by atoms with Crippen LogP contribution in [0.1, 0.15) is 22.7 Å². The Morgan fingerprint density at radius 3 is 2.68 bits per heavy atom. The van der Waals surface area contributed by atoms with Gasteiger partial charge in [-0.25, -0.2) is 0 Å². The highest BCUT2D eigenvalue weighted by Crippen LogP contribution is 2.36. The minimum atomic E-state index is -0.0884. The molecule has 1 aliphatic rings. The number of benzene rings is 2. The van der Waals surface area contributed by atoms with E-state index in [-0.39, 0.29) is 17.5 Å². The molecule has 0 saturated carbocycles. The quantitative estimate of drug-likeness (QED) is 0.702. The molecule has 1 aliphatic heterocycles. The van der Waals surface area contributed by atoms with Crippen LogP contribution in [0.2, 0.25) is 5.02 Å². The van der Waals surface area contributed by atoms with Crippen LogP contribution in [0, 0.1) is 0 Å². The summed E-state index contributed by atoms with van der Waals surface area (Å²) in [5, 5.41) is 23.4. The third-order valence-electron chi connectivity index (χ3n) is 3.47. The third-order valence-corrected chi connectivity index (χ3v) is 3.71. The van der Waals surface area contributed by atoms with Gasteiger partial charge in [0.25, 0.3) is 0 Å². The summed E-state index contributed by atoms with van der Waals surface area (Å²) in [7, 11) is 0. The molecular weight excluding hydrogens is 262 g/mol. The van der Waals surface area contributed by atoms with Gasteiger partial charge in [-0.1, -0.05) is 23.7 Å². The Morgan fingerprint density at radius 2 is 1.89 bits per heavy atom. The van der Waals surface area contributed by atoms with Crippen LogP contribution in [0.3, 0.4) is 0 Å². The molecule has 3 nitrogen and oxygen atoms in total. The molecular formula is C15H14ClNO2. The van der Waals surface area contributed by atoms with Crippen LogP contribution >= 0.6 is 11.6 Å². The van der Waals surface area contributed by atoms with Crippen molar-refractivity contribution in [1.29, 1.82) is 0 Å². The topological polar surface area (TPSA) is 52.5 Å². The number of rotatable bonds is 1. The maximum Gasteiger partial charge on any atom is 0.157 e. The zero-order valence-electron chi connectivity index (χ0n) is 10.2. The molecule has 0 fully saturated rings. The summed E-state index contributed by atoms with van der Waals surface area (Å²) < 4.78 is 0. The molecule has 3 N–H and O–H groups in total. The fraction of sp³-hybridized carbons (Fsp3) is 0.200. The number of nitrogens with one attached hydrogen (secondary N) is 1. The SMILES string of the molecule is Oc1cc2c(cc1O)C(c1cccc(Cl)c1)NCC2. The molecule has 1 unspecified atom stereocenters. The second kappa shape index (κ2) is 4.76. The average molecular weight is 276 g/mol. The van der Waals surface area contributed by atoms with Crippen molar-refractivity contribution in [2.75, 3.05) is 6.54 Å². The van der Waals surface area contributed by atoms with Crippen LogP contribution < -0.4 is 5.32 Å². The Labute approximate surface area is 116 Å². The largest absolute Gasteiger partial charge is 0.504 e. The number of hydrogen-bond acceptors (Lipinski definition) is 3. The molecule has 0 aliphatic carbocycles. The van der Waals surface area contributed by atoms with Crippen molar-refractivity contribution in [1.82, 2.24) is 5.32 Å². The molecule has 0 bridgehead atoms. The summed E-state index contributed by atoms with van der Waals surface area (Å²) in [5.74, 6) is -0.153. The highest BCUT2D eigenvalue weighted by molar-refractivity contribution is 6.30. The lowest BCUT2D eigenvalue weighted by molar-refractivity contribution is 0.400. The van der Waals surface area contributed by atoms with Gasteiger partial charge in [0.1, 0.15) is 0 Å². The fourth-order valence-corrected chi connectivity index (χ4v) is 2.76. The van der Waals surface area contributed by atoms with Gasteiger partial charge in [0.15, 0.2) is 11.5 Å². The molecule has 1 heterocycles. The molecule has 2 aromatic carbocycles. The van der Waals surface area contributed by atoms with Gasteiger partial charge >= 0.3 is 0 Å². The summed E-state index contributed by atoms with van der Waals surface area (Å²) >= 11 is 6.03. The first kappa shape index (κ1) is 12.3. The standard InChI is InChI=1S/C15H14ClNO2/c16-11-3-1-2-10(6-11)15-12-8-14(19)13(18)7-9(12)4-5-17-15/h1-3,6-8,15,17-19H,4-5H2. The van der Waals surface area contributed by atoms with Crippen LogP contribution in [0.5, 0.6) is 11.5 Å². The lowest BCUT2D eigenvalue weighted by Crippen LogP contribution is -2.30. The van der Waals surface area contributed by atoms with E-state index in [0.717, 1.165) is 29.7 Å². The van der Waals surface area contributed by atoms with Crippen LogP contribution in [0.4, 0.5) is 0 Å². The second-order valence-electron chi connectivity index (χ2n) is 4.73. The lowest BCUT2D eigenvalue weighted by atomic mass is 9.89. The van der Waals surface area contributed by atoms with E-state index in [1.54, 1.807) is 12.1 Å². The number of hydrogen-bond donors (Lipinski definition) is 3. The number of aromatic hydroxyl groups is 2. The maximum atomic E-state index is 9.69. The van der Waals surface area contributed by atoms with Crippen molar-refractivity contribution < 1.29 is 10.2 Å². The van der Waals surface area contributed by atoms with Crippen molar-refractivity contribution in [2.24, 2.45) is 0 Å². The van der Waals surface area contributed by atoms with Gasteiger partial charge in [-0.2, -0.15) is 0 Å². The van der Waals surface area contributed by atoms with E-state index in [1.165, 1.54) is 0 Å². The number of phenolic OH excluding ortho intramolecular Hbond substituents is 2. The Kier molecular flexibility index (Phi) is 3.09. The second-order valence-corrected chi connectivity index (χ2v) is 5.17. The number of fused-ring (bicyclic) bond motifs is 1. The third kappa shape index (κ3) is 2.27. The lowest BCUT2D eigenvalue weighted by Gasteiger charge is -2.28. The highest BCUT2D eigenvalue weighted by atomic mass is 35.5. The van der Waals surface area contributed by atoms with Crippen LogP contribution in [0.25, 0.3) is 0 Å². The zero-order chi connectivity index (χ0) is 13.4. The molecule has 3 rings (SSSR count). The van der Waals surface area contributed by atoms with E-state index in [1.807, 2.05) is 24.3 Å². The van der Waals surface area contributed by atoms with Gasteiger partial charge in [-0.3, -0.25) is 0 Å². The zero-order valence-corrected chi connectivity index (χ0v) is 11.0. The highest BCUT2D eigenvalue weighted by Gasteiger charge is 2.23. The van der Waals surface area contributed by atoms with E-state index >= 15 is 0 Å². The van der Waals surface area contributed by atoms with E-state index < -0.39 is 0 Å². The normalized spacial score (nSPS) is 18.1. The predicted molar refractivity (Wildman–Crippen MR) is 74.8 cm³/mol. The van der Waals surface area contributed by atoms with Gasteiger partial charge < -0.3 is 15.5 Å². The minimum Gasteiger partial charge on any atom is -0.504 e. The molecule has 0 amide bonds. The first-order valence-corrected chi connectivity index (χ1v) is 6.56. The fourth-order valence-electron chi connectivity index (χ4n) is 2.57. The summed E-state index contributed by atoms with van der Waals surface area (Å²) in [5.41, 5.74) is 3.10. The molecule has 98 valence electrons. The Balaban J connectivity index is 2.10. The van der Waals surface area contributed by atoms with Crippen molar-refractivity contribution in [3.8, 4) is 11.5 Å². The minimum absolute atomic E-state index is 0.00560. The van der Waals surface area contributed by atoms with Crippen molar-refractivity contribution in [3.63, 3.8) is 0 Å². The van der Waals surface area contributed by atoms with Gasteiger partial charge in [-0.15, -0.1) is 0 Å². The number of halogens is 1. The molecule has 19 heavy (non-hydrogen) atoms. The van der Waals surface area contributed by atoms with E-state index in [4.69, 9.17) is 11.6 Å². The summed E-state index contributed by atoms with van der Waals surface area (Å²) in [4.78, 5) is 0. The molecule has 0 saturated heterocycles. The molecule has 0 spiro atoms. The predicted octanol–water partition coefficient (Wildman–Crippen LogP) is 2.99. The Morgan fingerprint density at radius 1 is 1.11 bits per heavy atom. The molecule has 0 aromatic heterocycles. The van der Waals surface area contributed by atoms with E-state index in [2.05, 4.69) is 5.32 Å². The van der Waals surface area contributed by atoms with Gasteiger partial charge in [-0.05, 0) is 47.4 Å². The average Bonchev–Trinajstić information content (AvgIpc) is 2.39. The Bertz CT molecular complexity index is 628. The molecule has 4 heteroatoms. The molecule has 0 radical (unpaired) electrons. The summed E-state index contributed by atoms with van der Waals surface area (Å²) in [6, 6.07) is 10.9. The van der Waals surface area contributed by atoms with E-state index in [0.29, 0.717) is 5.02 Å². The first-order chi connectivity index (χ1) is 9.15. The van der Waals surface area contributed by atoms with Gasteiger partial charge in [0, 0.05) is 11.6 Å². The Hall–Kier alpha value is -1.71. The number of phenols is 2. The van der Waals surface area contributed by atoms with Crippen molar-refractivity contribution in [2.45, 2.75) is 12.5 Å². The summed E-state index contributed by atoms with van der Waals surface area (Å²) in [6.07, 6.45) is 0.834.